The summed E-state index contributed by atoms with van der Waals surface area (Å²) in [6.07, 6.45) is 14.7. The first-order valence-corrected chi connectivity index (χ1v) is 18.9. The van der Waals surface area contributed by atoms with Crippen LogP contribution in [0, 0.1) is 5.92 Å². The fourth-order valence-electron chi connectivity index (χ4n) is 5.97. The van der Waals surface area contributed by atoms with Crippen LogP contribution in [0.3, 0.4) is 0 Å². The minimum Gasteiger partial charge on any atom is -0.354 e. The molecule has 6 aliphatic rings. The third kappa shape index (κ3) is 6.75. The Bertz CT molecular complexity index is 2460. The quantitative estimate of drug-likeness (QED) is 0.149. The molecular weight excluding hydrogens is 725 g/mol. The summed E-state index contributed by atoms with van der Waals surface area (Å²) in [4.78, 5) is 58.1. The number of thiazole rings is 2. The summed E-state index contributed by atoms with van der Waals surface area (Å²) in [6.45, 7) is 0. The van der Waals surface area contributed by atoms with Crippen molar-refractivity contribution >= 4 is 86.3 Å². The number of benzene rings is 2. The molecule has 6 N–H and O–H groups in total. The number of anilines is 3. The summed E-state index contributed by atoms with van der Waals surface area (Å²) in [5, 5.41) is 22.5. The second-order valence-electron chi connectivity index (χ2n) is 13.0. The molecule has 0 bridgehead atoms. The van der Waals surface area contributed by atoms with Crippen LogP contribution in [0.5, 0.6) is 0 Å². The van der Waals surface area contributed by atoms with Gasteiger partial charge in [0.05, 0.1) is 34.9 Å². The zero-order valence-corrected chi connectivity index (χ0v) is 29.9. The van der Waals surface area contributed by atoms with Crippen molar-refractivity contribution in [3.63, 3.8) is 0 Å². The smallest absolute Gasteiger partial charge is 0.275 e. The maximum atomic E-state index is 12.4. The predicted octanol–water partition coefficient (Wildman–Crippen LogP) is 4.98. The minimum absolute atomic E-state index is 0.0276. The molecule has 0 spiro atoms. The van der Waals surface area contributed by atoms with Crippen molar-refractivity contribution in [1.29, 1.82) is 0 Å². The first kappa shape index (κ1) is 33.3. The van der Waals surface area contributed by atoms with Crippen LogP contribution in [-0.4, -0.2) is 51.1 Å². The number of hydrogen-bond acceptors (Lipinski definition) is 12. The van der Waals surface area contributed by atoms with Crippen LogP contribution in [0.25, 0.3) is 12.2 Å². The van der Waals surface area contributed by atoms with Crippen LogP contribution in [-0.2, 0) is 14.4 Å². The van der Waals surface area contributed by atoms with E-state index < -0.39 is 0 Å². The molecule has 54 heavy (non-hydrogen) atoms. The topological polar surface area (TPSA) is 191 Å². The van der Waals surface area contributed by atoms with E-state index in [1.807, 2.05) is 72.8 Å². The van der Waals surface area contributed by atoms with Gasteiger partial charge in [-0.3, -0.25) is 19.2 Å². The van der Waals surface area contributed by atoms with Crippen LogP contribution in [0.15, 0.2) is 106 Å². The van der Waals surface area contributed by atoms with Crippen molar-refractivity contribution in [2.75, 3.05) is 16.0 Å². The Balaban J connectivity index is 0.000000142. The average Bonchev–Trinajstić information content (AvgIpc) is 4.00. The molecular formula is C38H30N10O4S2. The van der Waals surface area contributed by atoms with E-state index in [2.05, 4.69) is 52.3 Å². The van der Waals surface area contributed by atoms with Gasteiger partial charge in [0.2, 0.25) is 5.91 Å². The van der Waals surface area contributed by atoms with E-state index in [1.165, 1.54) is 28.9 Å². The number of allylic oxidation sites excluding steroid dienone is 2. The number of hydrogen-bond donors (Lipinski definition) is 6. The van der Waals surface area contributed by atoms with Gasteiger partial charge in [-0.15, -0.1) is 11.3 Å². The third-order valence-electron chi connectivity index (χ3n) is 9.07. The maximum Gasteiger partial charge on any atom is 0.275 e. The summed E-state index contributed by atoms with van der Waals surface area (Å²) in [7, 11) is 0. The highest BCUT2D eigenvalue weighted by Gasteiger charge is 2.33. The van der Waals surface area contributed by atoms with Crippen LogP contribution in [0.2, 0.25) is 0 Å². The Hall–Kier alpha value is -6.52. The van der Waals surface area contributed by atoms with Crippen LogP contribution in [0.1, 0.15) is 56.5 Å². The number of aromatic nitrogens is 2. The number of nitrogens with zero attached hydrogens (tertiary/aromatic N) is 4. The standard InChI is InChI=1S/2C19H15N5O2S/c25-17(21-11-6-7-11)14-9-20-19(27-14)16-15(18(26)24-23-16)13-8-5-10-3-1-2-4-12(10)22-13;25-17(11-5-6-11)22-14-9-20-19(27-14)16-15(18(26)24-23-16)13-8-7-10-3-1-2-4-12(10)21-13/h1-5,8-9,11,22H,6-7H2,(H,21,25)(H,24,26);1-4,7-9,11,21H,5-6H2,(H,22,25)(H,24,26). The van der Waals surface area contributed by atoms with Gasteiger partial charge in [0.15, 0.2) is 0 Å². The van der Waals surface area contributed by atoms with Crippen LogP contribution >= 0.6 is 22.7 Å². The molecule has 4 aliphatic heterocycles. The van der Waals surface area contributed by atoms with Gasteiger partial charge in [-0.2, -0.15) is 10.2 Å². The van der Waals surface area contributed by atoms with E-state index in [-0.39, 0.29) is 35.6 Å². The summed E-state index contributed by atoms with van der Waals surface area (Å²) >= 11 is 2.54. The van der Waals surface area contributed by atoms with E-state index in [0.717, 1.165) is 48.2 Å². The van der Waals surface area contributed by atoms with Crippen molar-refractivity contribution in [2.24, 2.45) is 16.1 Å². The highest BCUT2D eigenvalue weighted by atomic mass is 32.1. The lowest BCUT2D eigenvalue weighted by Gasteiger charge is -2.17. The normalized spacial score (nSPS) is 20.6. The molecule has 2 saturated carbocycles. The van der Waals surface area contributed by atoms with Gasteiger partial charge in [-0.1, -0.05) is 59.9 Å². The molecule has 10 rings (SSSR count). The van der Waals surface area contributed by atoms with Crippen molar-refractivity contribution in [3.8, 4) is 0 Å². The Morgan fingerprint density at radius 1 is 0.685 bits per heavy atom. The second kappa shape index (κ2) is 13.8. The molecule has 0 radical (unpaired) electrons. The minimum atomic E-state index is -0.296. The fourth-order valence-corrected chi connectivity index (χ4v) is 7.60. The van der Waals surface area contributed by atoms with E-state index in [0.29, 0.717) is 53.9 Å². The molecule has 4 aromatic rings. The number of para-hydroxylation sites is 2. The Labute approximate surface area is 316 Å². The lowest BCUT2D eigenvalue weighted by molar-refractivity contribution is -0.117. The number of carbonyl (C=O) groups is 4. The number of fused-ring (bicyclic) bond motifs is 2. The lowest BCUT2D eigenvalue weighted by atomic mass is 10.0. The van der Waals surface area contributed by atoms with Gasteiger partial charge in [0.1, 0.15) is 31.3 Å². The largest absolute Gasteiger partial charge is 0.354 e. The molecule has 4 amide bonds. The summed E-state index contributed by atoms with van der Waals surface area (Å²) in [6, 6.07) is 16.0. The van der Waals surface area contributed by atoms with Crippen LogP contribution < -0.4 is 32.1 Å². The first-order valence-electron chi connectivity index (χ1n) is 17.3. The third-order valence-corrected chi connectivity index (χ3v) is 11.0. The Kier molecular flexibility index (Phi) is 8.51. The van der Waals surface area contributed by atoms with Crippen LogP contribution in [0.4, 0.5) is 16.4 Å². The lowest BCUT2D eigenvalue weighted by Crippen LogP contribution is -2.24. The zero-order chi connectivity index (χ0) is 36.8. The Morgan fingerprint density at radius 3 is 1.81 bits per heavy atom. The average molecular weight is 755 g/mol. The molecule has 0 atom stereocenters. The van der Waals surface area contributed by atoms with Crippen molar-refractivity contribution in [3.05, 3.63) is 122 Å². The van der Waals surface area contributed by atoms with E-state index in [9.17, 15) is 19.2 Å². The van der Waals surface area contributed by atoms with Gasteiger partial charge >= 0.3 is 0 Å². The number of hydrazone groups is 2. The number of amides is 4. The van der Waals surface area contributed by atoms with Crippen molar-refractivity contribution in [1.82, 2.24) is 26.1 Å². The zero-order valence-electron chi connectivity index (χ0n) is 28.3. The highest BCUT2D eigenvalue weighted by Crippen LogP contribution is 2.34. The van der Waals surface area contributed by atoms with Gasteiger partial charge in [0.25, 0.3) is 17.7 Å². The van der Waals surface area contributed by atoms with Gasteiger partial charge < -0.3 is 21.3 Å². The SMILES string of the molecule is O=C1NN=C(c2ncc(C(=O)NC3CC3)s2)C1=C1C=Cc2ccccc2N1.O=C1NN=C(c2ncc(NC(=O)C3CC3)s2)C1=C1C=Cc2ccccc2N1. The van der Waals surface area contributed by atoms with E-state index >= 15 is 0 Å². The van der Waals surface area contributed by atoms with Crippen molar-refractivity contribution in [2.45, 2.75) is 31.7 Å². The molecule has 2 aromatic heterocycles. The summed E-state index contributed by atoms with van der Waals surface area (Å²) in [5.41, 5.74) is 12.1. The molecule has 14 nitrogen and oxygen atoms in total. The molecule has 6 heterocycles. The maximum absolute atomic E-state index is 12.4. The monoisotopic (exact) mass is 754 g/mol. The summed E-state index contributed by atoms with van der Waals surface area (Å²) in [5.74, 6) is -0.555. The van der Waals surface area contributed by atoms with E-state index in [1.54, 1.807) is 6.20 Å². The molecule has 2 fully saturated rings. The van der Waals surface area contributed by atoms with Gasteiger partial charge in [-0.05, 0) is 61.1 Å². The summed E-state index contributed by atoms with van der Waals surface area (Å²) < 4.78 is 0. The van der Waals surface area contributed by atoms with Gasteiger partial charge in [0, 0.05) is 23.3 Å². The van der Waals surface area contributed by atoms with Crippen molar-refractivity contribution < 1.29 is 19.2 Å². The molecule has 0 saturated heterocycles. The highest BCUT2D eigenvalue weighted by molar-refractivity contribution is 7.18. The molecule has 2 aromatic carbocycles. The fraction of sp³-hybridized carbons (Fsp3) is 0.158. The number of carbonyl (C=O) groups excluding carboxylic acids is 4. The molecule has 0 unspecified atom stereocenters. The first-order chi connectivity index (χ1) is 26.4. The Morgan fingerprint density at radius 2 is 1.24 bits per heavy atom. The predicted molar refractivity (Wildman–Crippen MR) is 208 cm³/mol. The molecule has 2 aliphatic carbocycles. The number of nitrogens with one attached hydrogen (secondary N) is 6. The second-order valence-corrected chi connectivity index (χ2v) is 15.1. The number of rotatable bonds is 6. The molecule has 16 heteroatoms. The van der Waals surface area contributed by atoms with Gasteiger partial charge in [-0.25, -0.2) is 20.8 Å². The molecule has 268 valence electrons. The van der Waals surface area contributed by atoms with E-state index in [4.69, 9.17) is 0 Å².